The zero-order valence-corrected chi connectivity index (χ0v) is 19.2. The third kappa shape index (κ3) is 12.0. The first-order valence-corrected chi connectivity index (χ1v) is 9.88. The zero-order valence-electron chi connectivity index (χ0n) is 16.9. The molecule has 0 bridgehead atoms. The lowest BCUT2D eigenvalue weighted by molar-refractivity contribution is 0.121. The molecule has 0 aromatic carbocycles. The monoisotopic (exact) mass is 468 g/mol. The largest absolute Gasteiger partial charge is 0.383 e. The van der Waals surface area contributed by atoms with Crippen molar-refractivity contribution in [3.05, 3.63) is 0 Å². The highest BCUT2D eigenvalue weighted by Crippen LogP contribution is 2.16. The number of halogens is 1. The number of methoxy groups -OCH3 is 1. The van der Waals surface area contributed by atoms with Gasteiger partial charge in [-0.1, -0.05) is 32.6 Å². The molecule has 1 saturated heterocycles. The lowest BCUT2D eigenvalue weighted by Crippen LogP contribution is -2.45. The van der Waals surface area contributed by atoms with Crippen molar-refractivity contribution in [1.82, 2.24) is 15.5 Å². The van der Waals surface area contributed by atoms with Gasteiger partial charge in [-0.15, -0.1) is 24.0 Å². The molecule has 6 heteroatoms. The number of nitrogens with one attached hydrogen (secondary N) is 2. The number of likely N-dealkylation sites (tertiary alicyclic amines) is 1. The summed E-state index contributed by atoms with van der Waals surface area (Å²) in [4.78, 5) is 6.89. The number of aliphatic imine (C=N–C) groups is 1. The van der Waals surface area contributed by atoms with Crippen molar-refractivity contribution >= 4 is 29.9 Å². The molecule has 1 atom stereocenters. The maximum atomic E-state index is 5.17. The average Bonchev–Trinajstić information content (AvgIpc) is 2.61. The second-order valence-corrected chi connectivity index (χ2v) is 7.13. The van der Waals surface area contributed by atoms with Crippen LogP contribution in [-0.2, 0) is 4.74 Å². The van der Waals surface area contributed by atoms with Gasteiger partial charge in [0, 0.05) is 33.3 Å². The van der Waals surface area contributed by atoms with E-state index in [1.165, 1.54) is 58.0 Å². The molecule has 0 amide bonds. The summed E-state index contributed by atoms with van der Waals surface area (Å²) >= 11 is 0. The van der Waals surface area contributed by atoms with E-state index in [9.17, 15) is 0 Å². The highest BCUT2D eigenvalue weighted by atomic mass is 127. The SMILES string of the molecule is CCCCCCC(C)NC(=NC)NCC1CCN(CCOC)CC1.I. The number of hydrogen-bond donors (Lipinski definition) is 2. The fourth-order valence-corrected chi connectivity index (χ4v) is 3.25. The first kappa shape index (κ1) is 24.9. The molecule has 0 radical (unpaired) electrons. The first-order chi connectivity index (χ1) is 11.7. The molecule has 0 aromatic rings. The molecular weight excluding hydrogens is 427 g/mol. The van der Waals surface area contributed by atoms with Gasteiger partial charge in [0.2, 0.25) is 0 Å². The molecule has 1 rings (SSSR count). The van der Waals surface area contributed by atoms with Crippen LogP contribution in [0.25, 0.3) is 0 Å². The summed E-state index contributed by atoms with van der Waals surface area (Å²) < 4.78 is 5.17. The maximum Gasteiger partial charge on any atom is 0.191 e. The molecular formula is C19H41IN4O. The molecule has 25 heavy (non-hydrogen) atoms. The minimum atomic E-state index is 0. The zero-order chi connectivity index (χ0) is 17.6. The standard InChI is InChI=1S/C19H40N4O.HI/c1-5-6-7-8-9-17(2)22-19(20-3)21-16-18-10-12-23(13-11-18)14-15-24-4;/h17-18H,5-16H2,1-4H3,(H2,20,21,22);1H. The van der Waals surface area contributed by atoms with Gasteiger partial charge in [0.15, 0.2) is 5.96 Å². The van der Waals surface area contributed by atoms with Gasteiger partial charge < -0.3 is 20.3 Å². The van der Waals surface area contributed by atoms with Crippen LogP contribution in [0.4, 0.5) is 0 Å². The molecule has 0 spiro atoms. The molecule has 1 heterocycles. The minimum Gasteiger partial charge on any atom is -0.383 e. The lowest BCUT2D eigenvalue weighted by Gasteiger charge is -2.32. The molecule has 0 aliphatic carbocycles. The third-order valence-electron chi connectivity index (χ3n) is 4.97. The van der Waals surface area contributed by atoms with Crippen LogP contribution in [0.5, 0.6) is 0 Å². The number of rotatable bonds is 11. The van der Waals surface area contributed by atoms with Crippen molar-refractivity contribution in [2.75, 3.05) is 46.9 Å². The van der Waals surface area contributed by atoms with E-state index in [1.807, 2.05) is 7.05 Å². The Morgan fingerprint density at radius 2 is 1.96 bits per heavy atom. The molecule has 0 saturated carbocycles. The molecule has 1 unspecified atom stereocenters. The number of unbranched alkanes of at least 4 members (excludes halogenated alkanes) is 3. The normalized spacial score (nSPS) is 17.8. The van der Waals surface area contributed by atoms with Gasteiger partial charge in [-0.2, -0.15) is 0 Å². The van der Waals surface area contributed by atoms with Crippen molar-refractivity contribution in [2.24, 2.45) is 10.9 Å². The number of hydrogen-bond acceptors (Lipinski definition) is 3. The van der Waals surface area contributed by atoms with Gasteiger partial charge in [-0.05, 0) is 45.2 Å². The van der Waals surface area contributed by atoms with Gasteiger partial charge in [-0.25, -0.2) is 0 Å². The van der Waals surface area contributed by atoms with E-state index >= 15 is 0 Å². The van der Waals surface area contributed by atoms with Crippen LogP contribution in [0.1, 0.15) is 58.8 Å². The Bertz CT molecular complexity index is 333. The van der Waals surface area contributed by atoms with Gasteiger partial charge in [0.25, 0.3) is 0 Å². The number of piperidine rings is 1. The Morgan fingerprint density at radius 1 is 1.24 bits per heavy atom. The van der Waals surface area contributed by atoms with Gasteiger partial charge >= 0.3 is 0 Å². The van der Waals surface area contributed by atoms with E-state index in [2.05, 4.69) is 34.4 Å². The van der Waals surface area contributed by atoms with Gasteiger partial charge in [0.1, 0.15) is 0 Å². The highest BCUT2D eigenvalue weighted by molar-refractivity contribution is 14.0. The van der Waals surface area contributed by atoms with Gasteiger partial charge in [-0.3, -0.25) is 4.99 Å². The number of guanidine groups is 1. The molecule has 0 aromatic heterocycles. The van der Waals surface area contributed by atoms with Crippen LogP contribution in [0.2, 0.25) is 0 Å². The molecule has 1 aliphatic heterocycles. The summed E-state index contributed by atoms with van der Waals surface area (Å²) in [5.41, 5.74) is 0. The molecule has 5 nitrogen and oxygen atoms in total. The topological polar surface area (TPSA) is 48.9 Å². The lowest BCUT2D eigenvalue weighted by atomic mass is 9.97. The number of ether oxygens (including phenoxy) is 1. The molecule has 150 valence electrons. The fraction of sp³-hybridized carbons (Fsp3) is 0.947. The fourth-order valence-electron chi connectivity index (χ4n) is 3.25. The van der Waals surface area contributed by atoms with Crippen LogP contribution < -0.4 is 10.6 Å². The smallest absolute Gasteiger partial charge is 0.191 e. The summed E-state index contributed by atoms with van der Waals surface area (Å²) in [5.74, 6) is 1.71. The Labute approximate surface area is 172 Å². The van der Waals surface area contributed by atoms with Crippen molar-refractivity contribution in [3.63, 3.8) is 0 Å². The Hall–Kier alpha value is -0.0800. The third-order valence-corrected chi connectivity index (χ3v) is 4.97. The van der Waals surface area contributed by atoms with Crippen molar-refractivity contribution in [2.45, 2.75) is 64.8 Å². The van der Waals surface area contributed by atoms with Crippen molar-refractivity contribution in [1.29, 1.82) is 0 Å². The quantitative estimate of drug-likeness (QED) is 0.211. The summed E-state index contributed by atoms with van der Waals surface area (Å²) in [7, 11) is 3.65. The van der Waals surface area contributed by atoms with E-state index in [0.29, 0.717) is 6.04 Å². The van der Waals surface area contributed by atoms with Crippen LogP contribution in [0, 0.1) is 5.92 Å². The van der Waals surface area contributed by atoms with Crippen LogP contribution >= 0.6 is 24.0 Å². The molecule has 2 N–H and O–H groups in total. The Morgan fingerprint density at radius 3 is 2.56 bits per heavy atom. The van der Waals surface area contributed by atoms with Crippen LogP contribution in [0.15, 0.2) is 4.99 Å². The van der Waals surface area contributed by atoms with E-state index < -0.39 is 0 Å². The van der Waals surface area contributed by atoms with E-state index in [4.69, 9.17) is 4.74 Å². The minimum absolute atomic E-state index is 0. The summed E-state index contributed by atoms with van der Waals surface area (Å²) in [5, 5.41) is 7.06. The first-order valence-electron chi connectivity index (χ1n) is 9.88. The summed E-state index contributed by atoms with van der Waals surface area (Å²) in [6.45, 7) is 9.83. The average molecular weight is 468 g/mol. The molecule has 1 fully saturated rings. The van der Waals surface area contributed by atoms with E-state index in [0.717, 1.165) is 31.6 Å². The summed E-state index contributed by atoms with van der Waals surface area (Å²) in [6, 6.07) is 0.490. The second-order valence-electron chi connectivity index (χ2n) is 7.13. The Balaban J connectivity index is 0.00000576. The second kappa shape index (κ2) is 16.1. The van der Waals surface area contributed by atoms with Crippen molar-refractivity contribution < 1.29 is 4.74 Å². The predicted octanol–water partition coefficient (Wildman–Crippen LogP) is 3.49. The van der Waals surface area contributed by atoms with Crippen molar-refractivity contribution in [3.8, 4) is 0 Å². The maximum absolute atomic E-state index is 5.17. The summed E-state index contributed by atoms with van der Waals surface area (Å²) in [6.07, 6.45) is 9.05. The van der Waals surface area contributed by atoms with E-state index in [-0.39, 0.29) is 24.0 Å². The molecule has 1 aliphatic rings. The number of nitrogens with zero attached hydrogens (tertiary/aromatic N) is 2. The highest BCUT2D eigenvalue weighted by Gasteiger charge is 2.19. The predicted molar refractivity (Wildman–Crippen MR) is 119 cm³/mol. The van der Waals surface area contributed by atoms with Gasteiger partial charge in [0.05, 0.1) is 6.61 Å². The van der Waals surface area contributed by atoms with Crippen LogP contribution in [-0.4, -0.2) is 63.8 Å². The van der Waals surface area contributed by atoms with Crippen LogP contribution in [0.3, 0.4) is 0 Å². The van der Waals surface area contributed by atoms with E-state index in [1.54, 1.807) is 7.11 Å². The Kier molecular flexibility index (Phi) is 16.1.